The Kier molecular flexibility index (Phi) is 3.12. The summed E-state index contributed by atoms with van der Waals surface area (Å²) in [5, 5.41) is 8.40. The number of pyridine rings is 1. The van der Waals surface area contributed by atoms with E-state index in [1.807, 2.05) is 0 Å². The zero-order valence-electron chi connectivity index (χ0n) is 7.94. The van der Waals surface area contributed by atoms with Crippen molar-refractivity contribution in [3.8, 4) is 6.07 Å². The Morgan fingerprint density at radius 3 is 2.31 bits per heavy atom. The summed E-state index contributed by atoms with van der Waals surface area (Å²) in [5.74, 6) is 0. The lowest BCUT2D eigenvalue weighted by molar-refractivity contribution is -0.141. The molecule has 86 valence electrons. The molecular formula is C9H5F5N2. The van der Waals surface area contributed by atoms with Gasteiger partial charge in [-0.3, -0.25) is 0 Å². The van der Waals surface area contributed by atoms with E-state index in [0.29, 0.717) is 6.07 Å². The second-order valence-corrected chi connectivity index (χ2v) is 2.98. The molecule has 0 aliphatic rings. The van der Waals surface area contributed by atoms with Gasteiger partial charge in [-0.2, -0.15) is 18.4 Å². The van der Waals surface area contributed by atoms with Crippen molar-refractivity contribution in [1.29, 1.82) is 5.26 Å². The molecule has 0 saturated heterocycles. The van der Waals surface area contributed by atoms with Gasteiger partial charge in [0, 0.05) is 5.56 Å². The average Bonchev–Trinajstić information content (AvgIpc) is 2.15. The minimum Gasteiger partial charge on any atom is -0.232 e. The van der Waals surface area contributed by atoms with E-state index in [9.17, 15) is 22.0 Å². The van der Waals surface area contributed by atoms with Gasteiger partial charge in [0.15, 0.2) is 0 Å². The van der Waals surface area contributed by atoms with E-state index in [2.05, 4.69) is 4.98 Å². The van der Waals surface area contributed by atoms with Crippen molar-refractivity contribution < 1.29 is 22.0 Å². The Labute approximate surface area is 87.3 Å². The first-order valence-electron chi connectivity index (χ1n) is 4.04. The standard InChI is InChI=1S/C9H5F5N2/c1-4-6(8(10)11)2-5(3-15)16-7(4)9(12,13)14/h2,8H,1H3. The highest BCUT2D eigenvalue weighted by Crippen LogP contribution is 2.34. The van der Waals surface area contributed by atoms with Crippen molar-refractivity contribution in [3.63, 3.8) is 0 Å². The van der Waals surface area contributed by atoms with Crippen LogP contribution in [0.4, 0.5) is 22.0 Å². The molecule has 0 aromatic carbocycles. The number of hydrogen-bond donors (Lipinski definition) is 0. The maximum absolute atomic E-state index is 12.4. The van der Waals surface area contributed by atoms with Crippen LogP contribution in [-0.4, -0.2) is 4.98 Å². The Morgan fingerprint density at radius 1 is 1.38 bits per heavy atom. The Bertz CT molecular complexity index is 444. The van der Waals surface area contributed by atoms with Crippen LogP contribution < -0.4 is 0 Å². The van der Waals surface area contributed by atoms with Gasteiger partial charge in [0.2, 0.25) is 0 Å². The predicted octanol–water partition coefficient (Wildman–Crippen LogP) is 3.22. The molecule has 0 amide bonds. The van der Waals surface area contributed by atoms with Gasteiger partial charge in [0.25, 0.3) is 6.43 Å². The van der Waals surface area contributed by atoms with Crippen LogP contribution in [0.1, 0.15) is 28.9 Å². The van der Waals surface area contributed by atoms with Crippen LogP contribution >= 0.6 is 0 Å². The predicted molar refractivity (Wildman–Crippen MR) is 43.6 cm³/mol. The molecule has 1 rings (SSSR count). The summed E-state index contributed by atoms with van der Waals surface area (Å²) in [4.78, 5) is 2.99. The lowest BCUT2D eigenvalue weighted by Gasteiger charge is -2.12. The third-order valence-electron chi connectivity index (χ3n) is 1.93. The van der Waals surface area contributed by atoms with Crippen molar-refractivity contribution in [2.24, 2.45) is 0 Å². The Balaban J connectivity index is 3.52. The van der Waals surface area contributed by atoms with E-state index in [1.165, 1.54) is 6.07 Å². The number of alkyl halides is 5. The van der Waals surface area contributed by atoms with Crippen LogP contribution in [-0.2, 0) is 6.18 Å². The van der Waals surface area contributed by atoms with Gasteiger partial charge in [-0.15, -0.1) is 0 Å². The van der Waals surface area contributed by atoms with E-state index < -0.39 is 35.1 Å². The van der Waals surface area contributed by atoms with Gasteiger partial charge in [0.1, 0.15) is 17.5 Å². The lowest BCUT2D eigenvalue weighted by Crippen LogP contribution is -2.13. The van der Waals surface area contributed by atoms with Crippen LogP contribution in [0.5, 0.6) is 0 Å². The Hall–Kier alpha value is -1.71. The lowest BCUT2D eigenvalue weighted by atomic mass is 10.1. The van der Waals surface area contributed by atoms with Gasteiger partial charge >= 0.3 is 6.18 Å². The number of nitrogens with zero attached hydrogens (tertiary/aromatic N) is 2. The van der Waals surface area contributed by atoms with Crippen molar-refractivity contribution in [2.75, 3.05) is 0 Å². The second kappa shape index (κ2) is 4.04. The molecule has 0 bridgehead atoms. The molecule has 0 N–H and O–H groups in total. The molecule has 0 unspecified atom stereocenters. The quantitative estimate of drug-likeness (QED) is 0.702. The fourth-order valence-electron chi connectivity index (χ4n) is 1.19. The molecule has 1 aromatic rings. The molecule has 7 heteroatoms. The molecule has 0 atom stereocenters. The summed E-state index contributed by atoms with van der Waals surface area (Å²) in [6.45, 7) is 0.901. The van der Waals surface area contributed by atoms with Crippen molar-refractivity contribution in [2.45, 2.75) is 19.5 Å². The fraction of sp³-hybridized carbons (Fsp3) is 0.333. The van der Waals surface area contributed by atoms with Crippen molar-refractivity contribution in [3.05, 3.63) is 28.6 Å². The molecule has 0 radical (unpaired) electrons. The van der Waals surface area contributed by atoms with Crippen LogP contribution in [0.15, 0.2) is 6.07 Å². The Morgan fingerprint density at radius 2 is 1.94 bits per heavy atom. The van der Waals surface area contributed by atoms with Crippen molar-refractivity contribution in [1.82, 2.24) is 4.98 Å². The van der Waals surface area contributed by atoms with Gasteiger partial charge in [0.05, 0.1) is 0 Å². The van der Waals surface area contributed by atoms with E-state index in [-0.39, 0.29) is 0 Å². The number of nitriles is 1. The molecule has 1 heterocycles. The summed E-state index contributed by atoms with van der Waals surface area (Å²) in [5.41, 5.74) is -3.59. The van der Waals surface area contributed by atoms with E-state index >= 15 is 0 Å². The van der Waals surface area contributed by atoms with Crippen LogP contribution in [0, 0.1) is 18.3 Å². The summed E-state index contributed by atoms with van der Waals surface area (Å²) in [7, 11) is 0. The summed E-state index contributed by atoms with van der Waals surface area (Å²) in [6, 6.07) is 1.98. The topological polar surface area (TPSA) is 36.7 Å². The zero-order chi connectivity index (χ0) is 12.5. The average molecular weight is 236 g/mol. The molecule has 2 nitrogen and oxygen atoms in total. The van der Waals surface area contributed by atoms with E-state index in [4.69, 9.17) is 5.26 Å². The van der Waals surface area contributed by atoms with Crippen LogP contribution in [0.3, 0.4) is 0 Å². The first-order chi connectivity index (χ1) is 7.27. The van der Waals surface area contributed by atoms with Crippen molar-refractivity contribution >= 4 is 0 Å². The molecule has 1 aromatic heterocycles. The monoisotopic (exact) mass is 236 g/mol. The minimum atomic E-state index is -4.85. The van der Waals surface area contributed by atoms with Gasteiger partial charge in [-0.25, -0.2) is 13.8 Å². The molecule has 0 aliphatic carbocycles. The highest BCUT2D eigenvalue weighted by molar-refractivity contribution is 5.37. The minimum absolute atomic E-state index is 0.651. The molecule has 0 aliphatic heterocycles. The van der Waals surface area contributed by atoms with Crippen LogP contribution in [0.2, 0.25) is 0 Å². The first kappa shape index (κ1) is 12.4. The van der Waals surface area contributed by atoms with Gasteiger partial charge in [-0.1, -0.05) is 0 Å². The third-order valence-corrected chi connectivity index (χ3v) is 1.93. The maximum Gasteiger partial charge on any atom is 0.433 e. The SMILES string of the molecule is Cc1c(C(F)F)cc(C#N)nc1C(F)(F)F. The molecule has 0 spiro atoms. The zero-order valence-corrected chi connectivity index (χ0v) is 7.94. The number of halogens is 5. The normalized spacial score (nSPS) is 11.6. The summed E-state index contributed by atoms with van der Waals surface area (Å²) < 4.78 is 62.0. The fourth-order valence-corrected chi connectivity index (χ4v) is 1.19. The van der Waals surface area contributed by atoms with E-state index in [0.717, 1.165) is 6.92 Å². The first-order valence-corrected chi connectivity index (χ1v) is 4.04. The number of hydrogen-bond acceptors (Lipinski definition) is 2. The third kappa shape index (κ3) is 2.27. The molecule has 0 saturated carbocycles. The second-order valence-electron chi connectivity index (χ2n) is 2.98. The van der Waals surface area contributed by atoms with Crippen LogP contribution in [0.25, 0.3) is 0 Å². The van der Waals surface area contributed by atoms with E-state index in [1.54, 1.807) is 0 Å². The molecular weight excluding hydrogens is 231 g/mol. The maximum atomic E-state index is 12.4. The smallest absolute Gasteiger partial charge is 0.232 e. The largest absolute Gasteiger partial charge is 0.433 e. The van der Waals surface area contributed by atoms with Gasteiger partial charge in [-0.05, 0) is 18.6 Å². The number of rotatable bonds is 1. The highest BCUT2D eigenvalue weighted by Gasteiger charge is 2.36. The summed E-state index contributed by atoms with van der Waals surface area (Å²) in [6.07, 6.45) is -7.92. The van der Waals surface area contributed by atoms with Gasteiger partial charge < -0.3 is 0 Å². The molecule has 0 fully saturated rings. The number of aromatic nitrogens is 1. The highest BCUT2D eigenvalue weighted by atomic mass is 19.4. The molecule has 16 heavy (non-hydrogen) atoms. The summed E-state index contributed by atoms with van der Waals surface area (Å²) >= 11 is 0.